The number of rotatable bonds is 6. The highest BCUT2D eigenvalue weighted by molar-refractivity contribution is 9.10. The van der Waals surface area contributed by atoms with Crippen LogP contribution in [0.4, 0.5) is 0 Å². The minimum atomic E-state index is -3.49. The molecule has 8 heteroatoms. The summed E-state index contributed by atoms with van der Waals surface area (Å²) in [5.74, 6) is 1.14. The van der Waals surface area contributed by atoms with Gasteiger partial charge in [-0.05, 0) is 29.1 Å². The summed E-state index contributed by atoms with van der Waals surface area (Å²) in [7, 11) is 1.16. The SMILES string of the molecule is COc1cc(Br)c(CN(C)S(=O)(=O)c2cccs2)cc1OC. The van der Waals surface area contributed by atoms with Crippen LogP contribution < -0.4 is 9.47 Å². The minimum Gasteiger partial charge on any atom is -0.493 e. The Morgan fingerprint density at radius 3 is 2.41 bits per heavy atom. The molecule has 0 N–H and O–H groups in total. The predicted octanol–water partition coefficient (Wildman–Crippen LogP) is 3.35. The van der Waals surface area contributed by atoms with Crippen LogP contribution in [-0.2, 0) is 16.6 Å². The Labute approximate surface area is 142 Å². The molecule has 2 aromatic rings. The first-order chi connectivity index (χ1) is 10.4. The number of benzene rings is 1. The maximum absolute atomic E-state index is 12.5. The van der Waals surface area contributed by atoms with E-state index in [1.54, 1.807) is 50.9 Å². The van der Waals surface area contributed by atoms with Crippen LogP contribution in [0.5, 0.6) is 11.5 Å². The lowest BCUT2D eigenvalue weighted by molar-refractivity contribution is 0.353. The lowest BCUT2D eigenvalue weighted by atomic mass is 10.2. The van der Waals surface area contributed by atoms with Crippen LogP contribution in [-0.4, -0.2) is 34.0 Å². The molecule has 0 fully saturated rings. The number of sulfonamides is 1. The molecule has 0 saturated heterocycles. The predicted molar refractivity (Wildman–Crippen MR) is 90.2 cm³/mol. The second-order valence-electron chi connectivity index (χ2n) is 4.49. The van der Waals surface area contributed by atoms with Crippen molar-refractivity contribution in [1.82, 2.24) is 4.31 Å². The van der Waals surface area contributed by atoms with Gasteiger partial charge in [0.2, 0.25) is 0 Å². The minimum absolute atomic E-state index is 0.223. The Kier molecular flexibility index (Phi) is 5.49. The van der Waals surface area contributed by atoms with Gasteiger partial charge < -0.3 is 9.47 Å². The molecule has 0 bridgehead atoms. The number of hydrogen-bond donors (Lipinski definition) is 0. The molecule has 0 amide bonds. The second kappa shape index (κ2) is 6.99. The van der Waals surface area contributed by atoms with E-state index in [0.717, 1.165) is 10.0 Å². The van der Waals surface area contributed by atoms with E-state index in [4.69, 9.17) is 9.47 Å². The molecule has 0 aliphatic heterocycles. The monoisotopic (exact) mass is 405 g/mol. The van der Waals surface area contributed by atoms with Gasteiger partial charge in [0.1, 0.15) is 4.21 Å². The maximum Gasteiger partial charge on any atom is 0.252 e. The molecule has 0 atom stereocenters. The molecule has 5 nitrogen and oxygen atoms in total. The van der Waals surface area contributed by atoms with Gasteiger partial charge in [0.15, 0.2) is 11.5 Å². The van der Waals surface area contributed by atoms with Gasteiger partial charge in [0, 0.05) is 18.1 Å². The molecule has 120 valence electrons. The van der Waals surface area contributed by atoms with E-state index < -0.39 is 10.0 Å². The van der Waals surface area contributed by atoms with E-state index in [1.807, 2.05) is 0 Å². The third-order valence-electron chi connectivity index (χ3n) is 3.11. The van der Waals surface area contributed by atoms with Crippen LogP contribution >= 0.6 is 27.3 Å². The van der Waals surface area contributed by atoms with Gasteiger partial charge in [0.25, 0.3) is 10.0 Å². The van der Waals surface area contributed by atoms with Gasteiger partial charge in [-0.25, -0.2) is 8.42 Å². The molecule has 2 rings (SSSR count). The molecule has 0 saturated carbocycles. The lowest BCUT2D eigenvalue weighted by Gasteiger charge is -2.18. The van der Waals surface area contributed by atoms with E-state index in [9.17, 15) is 8.42 Å². The first-order valence-electron chi connectivity index (χ1n) is 6.30. The summed E-state index contributed by atoms with van der Waals surface area (Å²) in [4.78, 5) is 0. The molecule has 22 heavy (non-hydrogen) atoms. The molecule has 0 radical (unpaired) electrons. The zero-order chi connectivity index (χ0) is 16.3. The Balaban J connectivity index is 2.31. The molecule has 1 aromatic carbocycles. The standard InChI is InChI=1S/C14H16BrNO4S2/c1-16(22(17,18)14-5-4-6-21-14)9-10-7-12(19-2)13(20-3)8-11(10)15/h4-8H,9H2,1-3H3. The van der Waals surface area contributed by atoms with Gasteiger partial charge in [-0.1, -0.05) is 22.0 Å². The van der Waals surface area contributed by atoms with Gasteiger partial charge in [0.05, 0.1) is 14.2 Å². The van der Waals surface area contributed by atoms with Gasteiger partial charge in [-0.3, -0.25) is 0 Å². The highest BCUT2D eigenvalue weighted by atomic mass is 79.9. The van der Waals surface area contributed by atoms with Gasteiger partial charge in [-0.2, -0.15) is 4.31 Å². The molecule has 0 unspecified atom stereocenters. The van der Waals surface area contributed by atoms with Crippen molar-refractivity contribution in [3.63, 3.8) is 0 Å². The molecule has 0 spiro atoms. The van der Waals surface area contributed by atoms with Crippen LogP contribution in [0.25, 0.3) is 0 Å². The van der Waals surface area contributed by atoms with Crippen LogP contribution in [0, 0.1) is 0 Å². The van der Waals surface area contributed by atoms with Crippen LogP contribution in [0.15, 0.2) is 38.3 Å². The molecule has 0 aliphatic rings. The second-order valence-corrected chi connectivity index (χ2v) is 8.57. The largest absolute Gasteiger partial charge is 0.493 e. The third-order valence-corrected chi connectivity index (χ3v) is 7.02. The molecule has 1 heterocycles. The topological polar surface area (TPSA) is 55.8 Å². The van der Waals surface area contributed by atoms with Crippen molar-refractivity contribution in [2.45, 2.75) is 10.8 Å². The Morgan fingerprint density at radius 1 is 1.23 bits per heavy atom. The Bertz CT molecular complexity index is 744. The molecular formula is C14H16BrNO4S2. The number of nitrogens with zero attached hydrogens (tertiary/aromatic N) is 1. The summed E-state index contributed by atoms with van der Waals surface area (Å²) in [5, 5.41) is 1.74. The number of ether oxygens (including phenoxy) is 2. The number of thiophene rings is 1. The van der Waals surface area contributed by atoms with Crippen LogP contribution in [0.1, 0.15) is 5.56 Å². The number of halogens is 1. The smallest absolute Gasteiger partial charge is 0.252 e. The van der Waals surface area contributed by atoms with Crippen molar-refractivity contribution in [1.29, 1.82) is 0 Å². The summed E-state index contributed by atoms with van der Waals surface area (Å²) in [5.41, 5.74) is 0.792. The zero-order valence-electron chi connectivity index (χ0n) is 12.4. The lowest BCUT2D eigenvalue weighted by Crippen LogP contribution is -2.26. The summed E-state index contributed by atoms with van der Waals surface area (Å²) in [6.07, 6.45) is 0. The van der Waals surface area contributed by atoms with Crippen molar-refractivity contribution in [2.75, 3.05) is 21.3 Å². The summed E-state index contributed by atoms with van der Waals surface area (Å²) < 4.78 is 37.8. The van der Waals surface area contributed by atoms with E-state index in [2.05, 4.69) is 15.9 Å². The number of methoxy groups -OCH3 is 2. The normalized spacial score (nSPS) is 11.7. The first kappa shape index (κ1) is 17.3. The summed E-state index contributed by atoms with van der Waals surface area (Å²) in [6, 6.07) is 6.85. The summed E-state index contributed by atoms with van der Waals surface area (Å²) >= 11 is 4.64. The van der Waals surface area contributed by atoms with Crippen molar-refractivity contribution >= 4 is 37.3 Å². The van der Waals surface area contributed by atoms with Crippen molar-refractivity contribution in [2.24, 2.45) is 0 Å². The average Bonchev–Trinajstić information content (AvgIpc) is 3.03. The fourth-order valence-corrected chi connectivity index (χ4v) is 4.70. The highest BCUT2D eigenvalue weighted by Gasteiger charge is 2.23. The van der Waals surface area contributed by atoms with E-state index in [1.165, 1.54) is 15.6 Å². The third kappa shape index (κ3) is 3.45. The van der Waals surface area contributed by atoms with Crippen molar-refractivity contribution < 1.29 is 17.9 Å². The van der Waals surface area contributed by atoms with Crippen LogP contribution in [0.3, 0.4) is 0 Å². The van der Waals surface area contributed by atoms with Crippen molar-refractivity contribution in [3.05, 3.63) is 39.7 Å². The van der Waals surface area contributed by atoms with E-state index >= 15 is 0 Å². The highest BCUT2D eigenvalue weighted by Crippen LogP contribution is 2.34. The van der Waals surface area contributed by atoms with E-state index in [0.29, 0.717) is 15.7 Å². The quantitative estimate of drug-likeness (QED) is 0.739. The Hall–Kier alpha value is -1.09. The van der Waals surface area contributed by atoms with Gasteiger partial charge in [-0.15, -0.1) is 11.3 Å². The molecule has 0 aliphatic carbocycles. The summed E-state index contributed by atoms with van der Waals surface area (Å²) in [6.45, 7) is 0.223. The molecule has 1 aromatic heterocycles. The maximum atomic E-state index is 12.5. The van der Waals surface area contributed by atoms with Gasteiger partial charge >= 0.3 is 0 Å². The zero-order valence-corrected chi connectivity index (χ0v) is 15.6. The fraction of sp³-hybridized carbons (Fsp3) is 0.286. The average molecular weight is 406 g/mol. The molecular weight excluding hydrogens is 390 g/mol. The fourth-order valence-electron chi connectivity index (χ4n) is 1.91. The number of hydrogen-bond acceptors (Lipinski definition) is 5. The van der Waals surface area contributed by atoms with Crippen LogP contribution in [0.2, 0.25) is 0 Å². The van der Waals surface area contributed by atoms with Crippen molar-refractivity contribution in [3.8, 4) is 11.5 Å². The Morgan fingerprint density at radius 2 is 1.86 bits per heavy atom. The van der Waals surface area contributed by atoms with E-state index in [-0.39, 0.29) is 6.54 Å². The first-order valence-corrected chi connectivity index (χ1v) is 9.41.